The first-order chi connectivity index (χ1) is 15.4. The van der Waals surface area contributed by atoms with Crippen molar-refractivity contribution in [1.29, 1.82) is 10.7 Å². The largest absolute Gasteiger partial charge is 0.486 e. The number of nitrogens with zero attached hydrogens (tertiary/aromatic N) is 4. The van der Waals surface area contributed by atoms with Crippen LogP contribution in [0.3, 0.4) is 0 Å². The molecule has 3 aromatic rings. The predicted octanol–water partition coefficient (Wildman–Crippen LogP) is 5.00. The molecule has 1 aliphatic rings. The number of anilines is 2. The summed E-state index contributed by atoms with van der Waals surface area (Å²) in [5.74, 6) is 1.15. The van der Waals surface area contributed by atoms with Crippen LogP contribution >= 0.6 is 23.2 Å². The Bertz CT molecular complexity index is 1220. The van der Waals surface area contributed by atoms with Crippen LogP contribution in [-0.2, 0) is 0 Å². The molecule has 0 radical (unpaired) electrons. The van der Waals surface area contributed by atoms with Crippen molar-refractivity contribution in [1.82, 2.24) is 9.97 Å². The minimum Gasteiger partial charge on any atom is -0.486 e. The maximum atomic E-state index is 9.56. The molecule has 4 rings (SSSR count). The number of halogens is 2. The van der Waals surface area contributed by atoms with Crippen LogP contribution in [0.5, 0.6) is 5.75 Å². The summed E-state index contributed by atoms with van der Waals surface area (Å²) in [5, 5.41) is 19.1. The highest BCUT2D eigenvalue weighted by Gasteiger charge is 2.21. The van der Waals surface area contributed by atoms with Gasteiger partial charge in [0.2, 0.25) is 0 Å². The Morgan fingerprint density at radius 3 is 2.56 bits per heavy atom. The summed E-state index contributed by atoms with van der Waals surface area (Å²) in [6, 6.07) is 8.94. The topological polar surface area (TPSA) is 112 Å². The summed E-state index contributed by atoms with van der Waals surface area (Å²) in [6.07, 6.45) is 5.25. The van der Waals surface area contributed by atoms with E-state index in [0.717, 1.165) is 19.5 Å². The normalized spacial score (nSPS) is 13.8. The number of aromatic nitrogens is 2. The van der Waals surface area contributed by atoms with Gasteiger partial charge in [-0.2, -0.15) is 5.26 Å². The van der Waals surface area contributed by atoms with Gasteiger partial charge >= 0.3 is 0 Å². The zero-order valence-corrected chi connectivity index (χ0v) is 18.8. The highest BCUT2D eigenvalue weighted by atomic mass is 35.5. The van der Waals surface area contributed by atoms with Crippen LogP contribution in [0.4, 0.5) is 11.5 Å². The van der Waals surface area contributed by atoms with Crippen LogP contribution in [0.25, 0.3) is 0 Å². The molecule has 3 N–H and O–H groups in total. The first-order valence-corrected chi connectivity index (χ1v) is 10.7. The van der Waals surface area contributed by atoms with Gasteiger partial charge in [-0.15, -0.1) is 0 Å². The molecule has 1 saturated heterocycles. The van der Waals surface area contributed by atoms with E-state index >= 15 is 0 Å². The Morgan fingerprint density at radius 1 is 1.22 bits per heavy atom. The third-order valence-electron chi connectivity index (χ3n) is 5.34. The second kappa shape index (κ2) is 9.03. The average Bonchev–Trinajstić information content (AvgIpc) is 2.73. The van der Waals surface area contributed by atoms with E-state index in [1.165, 1.54) is 12.4 Å². The Kier molecular flexibility index (Phi) is 6.17. The molecule has 162 valence electrons. The number of nitrogen functional groups attached to an aromatic ring is 1. The van der Waals surface area contributed by atoms with Gasteiger partial charge in [-0.25, -0.2) is 4.98 Å². The number of benzene rings is 1. The van der Waals surface area contributed by atoms with Crippen molar-refractivity contribution >= 4 is 40.4 Å². The quantitative estimate of drug-likeness (QED) is 0.390. The van der Waals surface area contributed by atoms with E-state index in [4.69, 9.17) is 39.1 Å². The van der Waals surface area contributed by atoms with E-state index in [0.29, 0.717) is 49.6 Å². The summed E-state index contributed by atoms with van der Waals surface area (Å²) in [5.41, 5.74) is 8.77. The monoisotopic (exact) mass is 466 g/mol. The lowest BCUT2D eigenvalue weighted by Crippen LogP contribution is -2.38. The van der Waals surface area contributed by atoms with Crippen LogP contribution < -0.4 is 15.4 Å². The second-order valence-electron chi connectivity index (χ2n) is 7.45. The minimum absolute atomic E-state index is 0.153. The molecule has 1 aliphatic heterocycles. The summed E-state index contributed by atoms with van der Waals surface area (Å²) >= 11 is 12.5. The van der Waals surface area contributed by atoms with Crippen molar-refractivity contribution in [3.63, 3.8) is 0 Å². The van der Waals surface area contributed by atoms with Gasteiger partial charge in [-0.1, -0.05) is 23.2 Å². The van der Waals surface area contributed by atoms with Crippen LogP contribution in [0, 0.1) is 16.7 Å². The van der Waals surface area contributed by atoms with Crippen molar-refractivity contribution < 1.29 is 4.74 Å². The van der Waals surface area contributed by atoms with Gasteiger partial charge in [0.1, 0.15) is 23.7 Å². The van der Waals surface area contributed by atoms with Crippen molar-refractivity contribution in [2.24, 2.45) is 0 Å². The zero-order chi connectivity index (χ0) is 22.8. The van der Waals surface area contributed by atoms with Gasteiger partial charge in [0.25, 0.3) is 0 Å². The molecule has 1 aromatic carbocycles. The molecule has 0 saturated carbocycles. The van der Waals surface area contributed by atoms with Crippen molar-refractivity contribution in [2.45, 2.75) is 19.4 Å². The van der Waals surface area contributed by atoms with Gasteiger partial charge in [-0.3, -0.25) is 10.4 Å². The number of ether oxygens (including phenoxy) is 1. The first kappa shape index (κ1) is 21.9. The molecule has 0 spiro atoms. The SMILES string of the molecule is C[C@@H](Oc1ccc(N)c(C(=N)c2cnc(N3CCC3)c(C#N)c2)c1)c1c(Cl)cncc1Cl. The van der Waals surface area contributed by atoms with Gasteiger partial charge in [-0.05, 0) is 37.6 Å². The Hall–Kier alpha value is -3.34. The van der Waals surface area contributed by atoms with Gasteiger partial charge in [0.05, 0.1) is 21.3 Å². The molecule has 0 aliphatic carbocycles. The predicted molar refractivity (Wildman–Crippen MR) is 126 cm³/mol. The van der Waals surface area contributed by atoms with E-state index in [2.05, 4.69) is 16.0 Å². The van der Waals surface area contributed by atoms with Gasteiger partial charge in [0, 0.05) is 54.1 Å². The molecule has 2 aromatic heterocycles. The fraction of sp³-hybridized carbons (Fsp3) is 0.217. The molecule has 3 heterocycles. The number of hydrogen-bond donors (Lipinski definition) is 2. The lowest BCUT2D eigenvalue weighted by atomic mass is 10.00. The van der Waals surface area contributed by atoms with Crippen LogP contribution in [0.15, 0.2) is 42.9 Å². The lowest BCUT2D eigenvalue weighted by Gasteiger charge is -2.32. The highest BCUT2D eigenvalue weighted by molar-refractivity contribution is 6.35. The molecule has 32 heavy (non-hydrogen) atoms. The molecule has 9 heteroatoms. The van der Waals surface area contributed by atoms with Crippen molar-refractivity contribution in [3.05, 3.63) is 75.2 Å². The molecule has 0 bridgehead atoms. The maximum absolute atomic E-state index is 9.56. The maximum Gasteiger partial charge on any atom is 0.146 e. The van der Waals surface area contributed by atoms with Crippen molar-refractivity contribution in [2.75, 3.05) is 23.7 Å². The molecule has 0 amide bonds. The zero-order valence-electron chi connectivity index (χ0n) is 17.3. The number of nitrogens with one attached hydrogen (secondary N) is 1. The second-order valence-corrected chi connectivity index (χ2v) is 8.26. The van der Waals surface area contributed by atoms with Crippen molar-refractivity contribution in [3.8, 4) is 11.8 Å². The fourth-order valence-electron chi connectivity index (χ4n) is 3.51. The highest BCUT2D eigenvalue weighted by Crippen LogP contribution is 2.33. The van der Waals surface area contributed by atoms with Crippen LogP contribution in [0.2, 0.25) is 10.0 Å². The summed E-state index contributed by atoms with van der Waals surface area (Å²) in [6.45, 7) is 3.59. The third-order valence-corrected chi connectivity index (χ3v) is 5.94. The standard InChI is InChI=1S/C23H20Cl2N6O/c1-13(21-18(24)11-29-12-19(21)25)32-16-3-4-20(27)17(8-16)22(28)15-7-14(9-26)23(30-10-15)31-5-2-6-31/h3-4,7-8,10-13,28H,2,5-6,27H2,1H3/t13-/m1/s1. The molecular formula is C23H20Cl2N6O. The Balaban J connectivity index is 1.61. The van der Waals surface area contributed by atoms with Crippen LogP contribution in [0.1, 0.15) is 41.7 Å². The average molecular weight is 467 g/mol. The van der Waals surface area contributed by atoms with Gasteiger partial charge < -0.3 is 15.4 Å². The molecule has 0 unspecified atom stereocenters. The molecule has 7 nitrogen and oxygen atoms in total. The number of nitrogens with two attached hydrogens (primary N) is 1. The van der Waals surface area contributed by atoms with Gasteiger partial charge in [0.15, 0.2) is 0 Å². The number of nitriles is 1. The summed E-state index contributed by atoms with van der Waals surface area (Å²) < 4.78 is 6.04. The molecular weight excluding hydrogens is 447 g/mol. The molecule has 1 fully saturated rings. The lowest BCUT2D eigenvalue weighted by molar-refractivity contribution is 0.227. The Labute approximate surface area is 195 Å². The Morgan fingerprint density at radius 2 is 1.94 bits per heavy atom. The van der Waals surface area contributed by atoms with E-state index in [1.54, 1.807) is 30.5 Å². The minimum atomic E-state index is -0.452. The first-order valence-electron chi connectivity index (χ1n) is 9.98. The smallest absolute Gasteiger partial charge is 0.146 e. The summed E-state index contributed by atoms with van der Waals surface area (Å²) in [4.78, 5) is 10.4. The van der Waals surface area contributed by atoms with E-state index in [9.17, 15) is 5.26 Å². The molecule has 1 atom stereocenters. The fourth-order valence-corrected chi connectivity index (χ4v) is 4.18. The third kappa shape index (κ3) is 4.20. The van der Waals surface area contributed by atoms with E-state index in [-0.39, 0.29) is 5.71 Å². The van der Waals surface area contributed by atoms with E-state index < -0.39 is 6.10 Å². The number of pyridine rings is 2. The summed E-state index contributed by atoms with van der Waals surface area (Å²) in [7, 11) is 0. The van der Waals surface area contributed by atoms with E-state index in [1.807, 2.05) is 11.8 Å². The van der Waals surface area contributed by atoms with Crippen LogP contribution in [-0.4, -0.2) is 28.8 Å². The number of rotatable bonds is 6. The number of hydrogen-bond acceptors (Lipinski definition) is 7.